The quantitative estimate of drug-likeness (QED) is 0.812. The van der Waals surface area contributed by atoms with E-state index < -0.39 is 0 Å². The van der Waals surface area contributed by atoms with Crippen LogP contribution in [0.3, 0.4) is 0 Å². The summed E-state index contributed by atoms with van der Waals surface area (Å²) in [6, 6.07) is 6.05. The molecule has 0 radical (unpaired) electrons. The molecule has 1 amide bonds. The highest BCUT2D eigenvalue weighted by Gasteiger charge is 2.24. The molecule has 98 valence electrons. The molecule has 0 atom stereocenters. The minimum absolute atomic E-state index is 0.185. The fourth-order valence-corrected chi connectivity index (χ4v) is 1.96. The van der Waals surface area contributed by atoms with E-state index in [4.69, 9.17) is 4.74 Å². The molecule has 0 unspecified atom stereocenters. The SMILES string of the molecule is Cc1ccc(OCCNC(=O)C2CCC2)cc1C. The highest BCUT2D eigenvalue weighted by atomic mass is 16.5. The van der Waals surface area contributed by atoms with Gasteiger partial charge in [0.15, 0.2) is 0 Å². The lowest BCUT2D eigenvalue weighted by atomic mass is 9.85. The first-order valence-electron chi connectivity index (χ1n) is 6.64. The summed E-state index contributed by atoms with van der Waals surface area (Å²) in [7, 11) is 0. The van der Waals surface area contributed by atoms with Crippen LogP contribution >= 0.6 is 0 Å². The largest absolute Gasteiger partial charge is 0.492 e. The maximum Gasteiger partial charge on any atom is 0.223 e. The van der Waals surface area contributed by atoms with E-state index in [-0.39, 0.29) is 11.8 Å². The van der Waals surface area contributed by atoms with Gasteiger partial charge in [-0.2, -0.15) is 0 Å². The van der Waals surface area contributed by atoms with Crippen molar-refractivity contribution >= 4 is 5.91 Å². The third-order valence-corrected chi connectivity index (χ3v) is 3.62. The van der Waals surface area contributed by atoms with Gasteiger partial charge in [0.2, 0.25) is 5.91 Å². The summed E-state index contributed by atoms with van der Waals surface area (Å²) in [5, 5.41) is 2.92. The molecule has 1 aliphatic carbocycles. The summed E-state index contributed by atoms with van der Waals surface area (Å²) >= 11 is 0. The molecule has 18 heavy (non-hydrogen) atoms. The van der Waals surface area contributed by atoms with Gasteiger partial charge in [0.1, 0.15) is 12.4 Å². The molecule has 1 aromatic carbocycles. The van der Waals surface area contributed by atoms with Crippen LogP contribution in [0.2, 0.25) is 0 Å². The molecule has 0 bridgehead atoms. The molecular formula is C15H21NO2. The van der Waals surface area contributed by atoms with Crippen molar-refractivity contribution < 1.29 is 9.53 Å². The fraction of sp³-hybridized carbons (Fsp3) is 0.533. The third kappa shape index (κ3) is 3.25. The van der Waals surface area contributed by atoms with Crippen molar-refractivity contribution in [3.8, 4) is 5.75 Å². The molecule has 1 fully saturated rings. The molecule has 0 saturated heterocycles. The van der Waals surface area contributed by atoms with Crippen LogP contribution in [0.15, 0.2) is 18.2 Å². The van der Waals surface area contributed by atoms with Crippen LogP contribution in [0.1, 0.15) is 30.4 Å². The molecule has 1 saturated carbocycles. The monoisotopic (exact) mass is 247 g/mol. The van der Waals surface area contributed by atoms with Crippen LogP contribution in [0, 0.1) is 19.8 Å². The lowest BCUT2D eigenvalue weighted by Gasteiger charge is -2.24. The van der Waals surface area contributed by atoms with Gasteiger partial charge in [-0.25, -0.2) is 0 Å². The Balaban J connectivity index is 1.68. The van der Waals surface area contributed by atoms with Crippen molar-refractivity contribution in [2.45, 2.75) is 33.1 Å². The van der Waals surface area contributed by atoms with Gasteiger partial charge >= 0.3 is 0 Å². The summed E-state index contributed by atoms with van der Waals surface area (Å²) in [5.41, 5.74) is 2.49. The minimum atomic E-state index is 0.185. The maximum absolute atomic E-state index is 11.6. The number of rotatable bonds is 5. The van der Waals surface area contributed by atoms with Crippen LogP contribution in [0.25, 0.3) is 0 Å². The first kappa shape index (κ1) is 12.9. The fourth-order valence-electron chi connectivity index (χ4n) is 1.96. The van der Waals surface area contributed by atoms with Gasteiger partial charge in [-0.1, -0.05) is 12.5 Å². The molecule has 1 aliphatic rings. The zero-order chi connectivity index (χ0) is 13.0. The number of aryl methyl sites for hydroxylation is 2. The van der Waals surface area contributed by atoms with Gasteiger partial charge in [0.25, 0.3) is 0 Å². The summed E-state index contributed by atoms with van der Waals surface area (Å²) in [6.45, 7) is 5.27. The number of carbonyl (C=O) groups excluding carboxylic acids is 1. The Morgan fingerprint density at radius 3 is 2.72 bits per heavy atom. The Labute approximate surface area is 109 Å². The average Bonchev–Trinajstić information content (AvgIpc) is 2.27. The number of hydrogen-bond donors (Lipinski definition) is 1. The van der Waals surface area contributed by atoms with E-state index in [9.17, 15) is 4.79 Å². The number of ether oxygens (including phenoxy) is 1. The van der Waals surface area contributed by atoms with Crippen LogP contribution in [-0.4, -0.2) is 19.1 Å². The van der Waals surface area contributed by atoms with Crippen molar-refractivity contribution in [1.82, 2.24) is 5.32 Å². The molecule has 0 aromatic heterocycles. The maximum atomic E-state index is 11.6. The van der Waals surface area contributed by atoms with Gasteiger partial charge in [0, 0.05) is 5.92 Å². The Kier molecular flexibility index (Phi) is 4.24. The number of carbonyl (C=O) groups is 1. The second-order valence-electron chi connectivity index (χ2n) is 5.01. The van der Waals surface area contributed by atoms with Crippen molar-refractivity contribution in [3.63, 3.8) is 0 Å². The standard InChI is InChI=1S/C15H21NO2/c1-11-6-7-14(10-12(11)2)18-9-8-16-15(17)13-4-3-5-13/h6-7,10,13H,3-5,8-9H2,1-2H3,(H,16,17). The van der Waals surface area contributed by atoms with Gasteiger partial charge in [-0.3, -0.25) is 4.79 Å². The van der Waals surface area contributed by atoms with Gasteiger partial charge in [0.05, 0.1) is 6.54 Å². The summed E-state index contributed by atoms with van der Waals surface area (Å²) in [5.74, 6) is 1.31. The van der Waals surface area contributed by atoms with E-state index in [0.717, 1.165) is 18.6 Å². The van der Waals surface area contributed by atoms with E-state index in [1.54, 1.807) is 0 Å². The smallest absolute Gasteiger partial charge is 0.223 e. The Morgan fingerprint density at radius 2 is 2.11 bits per heavy atom. The highest BCUT2D eigenvalue weighted by molar-refractivity contribution is 5.79. The molecule has 2 rings (SSSR count). The molecule has 3 nitrogen and oxygen atoms in total. The Hall–Kier alpha value is -1.51. The van der Waals surface area contributed by atoms with E-state index in [1.807, 2.05) is 12.1 Å². The summed E-state index contributed by atoms with van der Waals surface area (Å²) in [6.07, 6.45) is 3.28. The van der Waals surface area contributed by atoms with Crippen LogP contribution in [0.5, 0.6) is 5.75 Å². The van der Waals surface area contributed by atoms with Gasteiger partial charge < -0.3 is 10.1 Å². The zero-order valence-electron chi connectivity index (χ0n) is 11.2. The van der Waals surface area contributed by atoms with Crippen LogP contribution < -0.4 is 10.1 Å². The molecular weight excluding hydrogens is 226 g/mol. The summed E-state index contributed by atoms with van der Waals surface area (Å²) < 4.78 is 5.61. The zero-order valence-corrected chi connectivity index (χ0v) is 11.2. The van der Waals surface area contributed by atoms with E-state index in [2.05, 4.69) is 25.2 Å². The Morgan fingerprint density at radius 1 is 1.33 bits per heavy atom. The first-order valence-corrected chi connectivity index (χ1v) is 6.64. The van der Waals surface area contributed by atoms with Gasteiger partial charge in [-0.05, 0) is 49.9 Å². The molecule has 0 aliphatic heterocycles. The number of amides is 1. The lowest BCUT2D eigenvalue weighted by Crippen LogP contribution is -2.36. The van der Waals surface area contributed by atoms with Crippen molar-refractivity contribution in [2.75, 3.05) is 13.2 Å². The molecule has 1 N–H and O–H groups in total. The van der Waals surface area contributed by atoms with Crippen molar-refractivity contribution in [3.05, 3.63) is 29.3 Å². The number of hydrogen-bond acceptors (Lipinski definition) is 2. The highest BCUT2D eigenvalue weighted by Crippen LogP contribution is 2.26. The van der Waals surface area contributed by atoms with E-state index >= 15 is 0 Å². The predicted molar refractivity (Wildman–Crippen MR) is 71.8 cm³/mol. The number of nitrogens with one attached hydrogen (secondary N) is 1. The Bertz CT molecular complexity index is 425. The molecule has 3 heteroatoms. The summed E-state index contributed by atoms with van der Waals surface area (Å²) in [4.78, 5) is 11.6. The van der Waals surface area contributed by atoms with Gasteiger partial charge in [-0.15, -0.1) is 0 Å². The first-order chi connectivity index (χ1) is 8.66. The minimum Gasteiger partial charge on any atom is -0.492 e. The molecule has 0 spiro atoms. The van der Waals surface area contributed by atoms with Crippen molar-refractivity contribution in [2.24, 2.45) is 5.92 Å². The average molecular weight is 247 g/mol. The second kappa shape index (κ2) is 5.89. The topological polar surface area (TPSA) is 38.3 Å². The molecule has 0 heterocycles. The van der Waals surface area contributed by atoms with E-state index in [1.165, 1.54) is 17.5 Å². The van der Waals surface area contributed by atoms with Crippen LogP contribution in [-0.2, 0) is 4.79 Å². The van der Waals surface area contributed by atoms with Crippen molar-refractivity contribution in [1.29, 1.82) is 0 Å². The third-order valence-electron chi connectivity index (χ3n) is 3.62. The van der Waals surface area contributed by atoms with E-state index in [0.29, 0.717) is 13.2 Å². The molecule has 1 aromatic rings. The number of benzene rings is 1. The predicted octanol–water partition coefficient (Wildman–Crippen LogP) is 2.60. The normalized spacial score (nSPS) is 15.0. The van der Waals surface area contributed by atoms with Crippen LogP contribution in [0.4, 0.5) is 0 Å². The lowest BCUT2D eigenvalue weighted by molar-refractivity contribution is -0.127. The second-order valence-corrected chi connectivity index (χ2v) is 5.01.